The molecule has 6 heteroatoms. The second kappa shape index (κ2) is 5.77. The lowest BCUT2D eigenvalue weighted by molar-refractivity contribution is -0.125. The second-order valence-corrected chi connectivity index (χ2v) is 5.75. The smallest absolute Gasteiger partial charge is 0.270 e. The molecule has 19 heavy (non-hydrogen) atoms. The number of amides is 2. The van der Waals surface area contributed by atoms with Crippen LogP contribution in [0.25, 0.3) is 0 Å². The van der Waals surface area contributed by atoms with E-state index in [0.29, 0.717) is 18.8 Å². The van der Waals surface area contributed by atoms with Crippen LogP contribution in [-0.4, -0.2) is 41.4 Å². The standard InChI is InChI=1S/C13H18BrN3O2/c1-15-12(18)9-3-5-17(6-4-9)13(19)11-7-10(14)8-16(11)2/h7-9H,3-6H2,1-2H3,(H,15,18). The van der Waals surface area contributed by atoms with E-state index in [2.05, 4.69) is 21.2 Å². The topological polar surface area (TPSA) is 54.3 Å². The zero-order valence-corrected chi connectivity index (χ0v) is 12.7. The van der Waals surface area contributed by atoms with Gasteiger partial charge in [0.25, 0.3) is 5.91 Å². The van der Waals surface area contributed by atoms with Gasteiger partial charge >= 0.3 is 0 Å². The number of piperidine rings is 1. The zero-order valence-electron chi connectivity index (χ0n) is 11.1. The van der Waals surface area contributed by atoms with Crippen LogP contribution in [0.3, 0.4) is 0 Å². The van der Waals surface area contributed by atoms with Crippen LogP contribution in [-0.2, 0) is 11.8 Å². The SMILES string of the molecule is CNC(=O)C1CCN(C(=O)c2cc(Br)cn2C)CC1. The van der Waals surface area contributed by atoms with Crippen molar-refractivity contribution in [3.63, 3.8) is 0 Å². The number of nitrogens with zero attached hydrogens (tertiary/aromatic N) is 2. The first kappa shape index (κ1) is 14.1. The lowest BCUT2D eigenvalue weighted by atomic mass is 9.96. The van der Waals surface area contributed by atoms with Crippen molar-refractivity contribution < 1.29 is 9.59 Å². The number of carbonyl (C=O) groups is 2. The average molecular weight is 328 g/mol. The van der Waals surface area contributed by atoms with Crippen molar-refractivity contribution in [1.29, 1.82) is 0 Å². The van der Waals surface area contributed by atoms with Crippen molar-refractivity contribution >= 4 is 27.7 Å². The zero-order chi connectivity index (χ0) is 14.0. The molecule has 0 unspecified atom stereocenters. The van der Waals surface area contributed by atoms with Gasteiger partial charge in [-0.3, -0.25) is 9.59 Å². The fourth-order valence-corrected chi connectivity index (χ4v) is 2.97. The van der Waals surface area contributed by atoms with Crippen LogP contribution in [0.1, 0.15) is 23.3 Å². The molecule has 2 amide bonds. The lowest BCUT2D eigenvalue weighted by Crippen LogP contribution is -2.42. The van der Waals surface area contributed by atoms with E-state index in [-0.39, 0.29) is 17.7 Å². The van der Waals surface area contributed by atoms with E-state index in [4.69, 9.17) is 0 Å². The van der Waals surface area contributed by atoms with E-state index in [9.17, 15) is 9.59 Å². The second-order valence-electron chi connectivity index (χ2n) is 4.84. The van der Waals surface area contributed by atoms with E-state index >= 15 is 0 Å². The third-order valence-corrected chi connectivity index (χ3v) is 4.02. The monoisotopic (exact) mass is 327 g/mol. The molecule has 0 atom stereocenters. The molecule has 1 N–H and O–H groups in total. The molecule has 1 aromatic heterocycles. The molecule has 2 heterocycles. The number of nitrogens with one attached hydrogen (secondary N) is 1. The van der Waals surface area contributed by atoms with Gasteiger partial charge in [0.2, 0.25) is 5.91 Å². The van der Waals surface area contributed by atoms with Gasteiger partial charge in [-0.15, -0.1) is 0 Å². The van der Waals surface area contributed by atoms with Crippen LogP contribution < -0.4 is 5.32 Å². The summed E-state index contributed by atoms with van der Waals surface area (Å²) in [7, 11) is 3.51. The molecule has 104 valence electrons. The van der Waals surface area contributed by atoms with Crippen LogP contribution in [0.15, 0.2) is 16.7 Å². The van der Waals surface area contributed by atoms with Crippen LogP contribution in [0, 0.1) is 5.92 Å². The maximum atomic E-state index is 12.4. The third kappa shape index (κ3) is 3.00. The van der Waals surface area contributed by atoms with Gasteiger partial charge in [0.1, 0.15) is 5.69 Å². The van der Waals surface area contributed by atoms with Gasteiger partial charge in [0, 0.05) is 43.8 Å². The van der Waals surface area contributed by atoms with E-state index in [1.807, 2.05) is 28.8 Å². The summed E-state index contributed by atoms with van der Waals surface area (Å²) >= 11 is 3.37. The molecule has 0 aromatic carbocycles. The van der Waals surface area contributed by atoms with Gasteiger partial charge in [-0.05, 0) is 34.8 Å². The minimum atomic E-state index is 0.0311. The molecule has 0 saturated carbocycles. The number of rotatable bonds is 2. The maximum absolute atomic E-state index is 12.4. The number of hydrogen-bond acceptors (Lipinski definition) is 2. The molecule has 0 bridgehead atoms. The Balaban J connectivity index is 2.00. The average Bonchev–Trinajstić information content (AvgIpc) is 2.76. The predicted molar refractivity (Wildman–Crippen MR) is 75.8 cm³/mol. The Bertz CT molecular complexity index is 490. The number of aryl methyl sites for hydroxylation is 1. The Morgan fingerprint density at radius 3 is 2.47 bits per heavy atom. The molecule has 5 nitrogen and oxygen atoms in total. The molecule has 0 radical (unpaired) electrons. The number of halogens is 1. The van der Waals surface area contributed by atoms with Crippen LogP contribution in [0.4, 0.5) is 0 Å². The first-order valence-electron chi connectivity index (χ1n) is 6.35. The first-order valence-corrected chi connectivity index (χ1v) is 7.15. The summed E-state index contributed by atoms with van der Waals surface area (Å²) in [6.07, 6.45) is 3.33. The van der Waals surface area contributed by atoms with Crippen molar-refractivity contribution in [3.05, 3.63) is 22.4 Å². The molecule has 0 aliphatic carbocycles. The summed E-state index contributed by atoms with van der Waals surface area (Å²) in [5.41, 5.74) is 0.672. The number of likely N-dealkylation sites (tertiary alicyclic amines) is 1. The summed E-state index contributed by atoms with van der Waals surface area (Å²) in [4.78, 5) is 25.7. The molecule has 1 aliphatic rings. The fraction of sp³-hybridized carbons (Fsp3) is 0.538. The highest BCUT2D eigenvalue weighted by Gasteiger charge is 2.28. The summed E-state index contributed by atoms with van der Waals surface area (Å²) in [6, 6.07) is 1.83. The normalized spacial score (nSPS) is 16.5. The van der Waals surface area contributed by atoms with Gasteiger partial charge in [0.05, 0.1) is 0 Å². The van der Waals surface area contributed by atoms with Gasteiger partial charge in [-0.25, -0.2) is 0 Å². The first-order chi connectivity index (χ1) is 9.02. The number of aromatic nitrogens is 1. The van der Waals surface area contributed by atoms with E-state index in [1.54, 1.807) is 7.05 Å². The fourth-order valence-electron chi connectivity index (χ4n) is 2.45. The van der Waals surface area contributed by atoms with Gasteiger partial charge in [0.15, 0.2) is 0 Å². The maximum Gasteiger partial charge on any atom is 0.270 e. The quantitative estimate of drug-likeness (QED) is 0.892. The van der Waals surface area contributed by atoms with E-state index in [1.165, 1.54) is 0 Å². The largest absolute Gasteiger partial charge is 0.359 e. The van der Waals surface area contributed by atoms with Crippen molar-refractivity contribution in [1.82, 2.24) is 14.8 Å². The van der Waals surface area contributed by atoms with Crippen LogP contribution in [0.2, 0.25) is 0 Å². The predicted octanol–water partition coefficient (Wildman–Crippen LogP) is 1.39. The van der Waals surface area contributed by atoms with Crippen molar-refractivity contribution in [2.45, 2.75) is 12.8 Å². The van der Waals surface area contributed by atoms with Crippen molar-refractivity contribution in [3.8, 4) is 0 Å². The Morgan fingerprint density at radius 1 is 1.37 bits per heavy atom. The lowest BCUT2D eigenvalue weighted by Gasteiger charge is -2.31. The van der Waals surface area contributed by atoms with Crippen LogP contribution in [0.5, 0.6) is 0 Å². The van der Waals surface area contributed by atoms with Gasteiger partial charge in [-0.1, -0.05) is 0 Å². The minimum absolute atomic E-state index is 0.0311. The molecule has 0 spiro atoms. The molecule has 1 aromatic rings. The molecular weight excluding hydrogens is 310 g/mol. The molecule has 1 saturated heterocycles. The summed E-state index contributed by atoms with van der Waals surface area (Å²) < 4.78 is 2.72. The summed E-state index contributed by atoms with van der Waals surface area (Å²) in [6.45, 7) is 1.28. The molecule has 1 fully saturated rings. The third-order valence-electron chi connectivity index (χ3n) is 3.59. The minimum Gasteiger partial charge on any atom is -0.359 e. The van der Waals surface area contributed by atoms with Crippen molar-refractivity contribution in [2.24, 2.45) is 13.0 Å². The number of carbonyl (C=O) groups excluding carboxylic acids is 2. The highest BCUT2D eigenvalue weighted by atomic mass is 79.9. The molecule has 1 aliphatic heterocycles. The van der Waals surface area contributed by atoms with Gasteiger partial charge < -0.3 is 14.8 Å². The Labute approximate surface area is 121 Å². The summed E-state index contributed by atoms with van der Waals surface area (Å²) in [5, 5.41) is 2.67. The highest BCUT2D eigenvalue weighted by Crippen LogP contribution is 2.21. The Kier molecular flexibility index (Phi) is 4.29. The Hall–Kier alpha value is -1.30. The number of hydrogen-bond donors (Lipinski definition) is 1. The molecular formula is C13H18BrN3O2. The summed E-state index contributed by atoms with van der Waals surface area (Å²) in [5.74, 6) is 0.145. The van der Waals surface area contributed by atoms with Gasteiger partial charge in [-0.2, -0.15) is 0 Å². The Morgan fingerprint density at radius 2 is 2.00 bits per heavy atom. The van der Waals surface area contributed by atoms with E-state index < -0.39 is 0 Å². The highest BCUT2D eigenvalue weighted by molar-refractivity contribution is 9.10. The van der Waals surface area contributed by atoms with E-state index in [0.717, 1.165) is 17.3 Å². The van der Waals surface area contributed by atoms with Crippen molar-refractivity contribution in [2.75, 3.05) is 20.1 Å². The molecule has 2 rings (SSSR count). The van der Waals surface area contributed by atoms with Crippen LogP contribution >= 0.6 is 15.9 Å².